The average molecular weight is 443 g/mol. The van der Waals surface area contributed by atoms with Crippen molar-refractivity contribution in [3.05, 3.63) is 66.2 Å². The number of guanidine groups is 1. The Labute approximate surface area is 186 Å². The first-order chi connectivity index (χ1) is 15.0. The van der Waals surface area contributed by atoms with Crippen LogP contribution in [0, 0.1) is 5.92 Å². The van der Waals surface area contributed by atoms with Crippen LogP contribution < -0.4 is 10.6 Å². The lowest BCUT2D eigenvalue weighted by atomic mass is 9.98. The summed E-state index contributed by atoms with van der Waals surface area (Å²) in [6.07, 6.45) is 3.75. The molecule has 2 aromatic carbocycles. The van der Waals surface area contributed by atoms with Crippen molar-refractivity contribution in [1.82, 2.24) is 14.9 Å². The highest BCUT2D eigenvalue weighted by Crippen LogP contribution is 2.23. The van der Waals surface area contributed by atoms with Crippen LogP contribution in [0.3, 0.4) is 0 Å². The van der Waals surface area contributed by atoms with Crippen LogP contribution in [0.15, 0.2) is 70.6 Å². The van der Waals surface area contributed by atoms with Crippen LogP contribution in [0.4, 0.5) is 0 Å². The monoisotopic (exact) mass is 442 g/mol. The van der Waals surface area contributed by atoms with Crippen molar-refractivity contribution in [2.24, 2.45) is 10.9 Å². The fourth-order valence-electron chi connectivity index (χ4n) is 3.86. The molecular weight excluding hydrogens is 408 g/mol. The molecule has 1 atom stereocenters. The Hall–Kier alpha value is -2.38. The van der Waals surface area contributed by atoms with E-state index in [-0.39, 0.29) is 0 Å². The van der Waals surface area contributed by atoms with Crippen LogP contribution >= 0.6 is 0 Å². The van der Waals surface area contributed by atoms with E-state index in [1.165, 1.54) is 5.56 Å². The summed E-state index contributed by atoms with van der Waals surface area (Å²) in [5, 5.41) is 6.89. The van der Waals surface area contributed by atoms with Gasteiger partial charge in [-0.25, -0.2) is 8.42 Å². The van der Waals surface area contributed by atoms with E-state index in [1.807, 2.05) is 12.1 Å². The highest BCUT2D eigenvalue weighted by Gasteiger charge is 2.29. The van der Waals surface area contributed by atoms with E-state index in [1.54, 1.807) is 35.6 Å². The molecule has 1 fully saturated rings. The molecule has 2 aromatic rings. The molecule has 0 spiro atoms. The maximum Gasteiger partial charge on any atom is 0.243 e. The standard InChI is InChI=1S/C24H34N4O2S/c1-20(13-14-21-9-5-3-6-10-21)27-24(25-2)26-19-22-15-17-28(18-16-22)31(29,30)23-11-7-4-8-12-23/h3-12,20,22H,13-19H2,1-2H3,(H2,25,26,27). The quantitative estimate of drug-likeness (QED) is 0.486. The highest BCUT2D eigenvalue weighted by molar-refractivity contribution is 7.89. The van der Waals surface area contributed by atoms with Gasteiger partial charge in [-0.05, 0) is 56.2 Å². The number of benzene rings is 2. The van der Waals surface area contributed by atoms with Gasteiger partial charge in [0.2, 0.25) is 10.0 Å². The molecule has 1 unspecified atom stereocenters. The van der Waals surface area contributed by atoms with E-state index < -0.39 is 10.0 Å². The first-order valence-corrected chi connectivity index (χ1v) is 12.5. The largest absolute Gasteiger partial charge is 0.356 e. The van der Waals surface area contributed by atoms with Gasteiger partial charge in [-0.2, -0.15) is 4.31 Å². The third-order valence-electron chi connectivity index (χ3n) is 5.83. The zero-order chi connectivity index (χ0) is 22.1. The van der Waals surface area contributed by atoms with Gasteiger partial charge in [0.25, 0.3) is 0 Å². The number of aliphatic imine (C=N–C) groups is 1. The fraction of sp³-hybridized carbons (Fsp3) is 0.458. The molecule has 6 nitrogen and oxygen atoms in total. The summed E-state index contributed by atoms with van der Waals surface area (Å²) in [6, 6.07) is 19.5. The zero-order valence-electron chi connectivity index (χ0n) is 18.5. The van der Waals surface area contributed by atoms with E-state index in [2.05, 4.69) is 46.8 Å². The number of sulfonamides is 1. The Bertz CT molecular complexity index is 925. The number of hydrogen-bond acceptors (Lipinski definition) is 3. The lowest BCUT2D eigenvalue weighted by molar-refractivity contribution is 0.273. The minimum atomic E-state index is -3.39. The summed E-state index contributed by atoms with van der Waals surface area (Å²) in [7, 11) is -1.60. The summed E-state index contributed by atoms with van der Waals surface area (Å²) in [5.74, 6) is 1.24. The number of nitrogens with one attached hydrogen (secondary N) is 2. The van der Waals surface area contributed by atoms with E-state index in [9.17, 15) is 8.42 Å². The van der Waals surface area contributed by atoms with Crippen LogP contribution in [0.2, 0.25) is 0 Å². The minimum Gasteiger partial charge on any atom is -0.356 e. The second-order valence-corrected chi connectivity index (χ2v) is 10.1. The summed E-state index contributed by atoms with van der Waals surface area (Å²) in [5.41, 5.74) is 1.34. The van der Waals surface area contributed by atoms with Crippen LogP contribution in [-0.2, 0) is 16.4 Å². The Balaban J connectivity index is 1.41. The summed E-state index contributed by atoms with van der Waals surface area (Å²) in [4.78, 5) is 4.73. The second kappa shape index (κ2) is 11.3. The maximum absolute atomic E-state index is 12.8. The van der Waals surface area contributed by atoms with Crippen molar-refractivity contribution < 1.29 is 8.42 Å². The number of piperidine rings is 1. The molecule has 0 aromatic heterocycles. The SMILES string of the molecule is CN=C(NCC1CCN(S(=O)(=O)c2ccccc2)CC1)NC(C)CCc1ccccc1. The summed E-state index contributed by atoms with van der Waals surface area (Å²) >= 11 is 0. The van der Waals surface area contributed by atoms with Gasteiger partial charge < -0.3 is 10.6 Å². The molecule has 1 aliphatic rings. The topological polar surface area (TPSA) is 73.8 Å². The van der Waals surface area contributed by atoms with Crippen molar-refractivity contribution in [2.45, 2.75) is 43.5 Å². The predicted octanol–water partition coefficient (Wildman–Crippen LogP) is 3.27. The average Bonchev–Trinajstić information content (AvgIpc) is 2.82. The zero-order valence-corrected chi connectivity index (χ0v) is 19.3. The first-order valence-electron chi connectivity index (χ1n) is 11.1. The van der Waals surface area contributed by atoms with Crippen molar-refractivity contribution >= 4 is 16.0 Å². The second-order valence-electron chi connectivity index (χ2n) is 8.18. The van der Waals surface area contributed by atoms with Crippen LogP contribution in [0.25, 0.3) is 0 Å². The molecular formula is C24H34N4O2S. The van der Waals surface area contributed by atoms with Gasteiger partial charge in [0.1, 0.15) is 0 Å². The molecule has 3 rings (SSSR count). The minimum absolute atomic E-state index is 0.310. The molecule has 168 valence electrons. The number of rotatable bonds is 8. The van der Waals surface area contributed by atoms with Crippen molar-refractivity contribution in [2.75, 3.05) is 26.7 Å². The van der Waals surface area contributed by atoms with Crippen LogP contribution in [-0.4, -0.2) is 51.4 Å². The van der Waals surface area contributed by atoms with E-state index in [4.69, 9.17) is 0 Å². The third kappa shape index (κ3) is 6.80. The summed E-state index contributed by atoms with van der Waals surface area (Å²) < 4.78 is 27.2. The predicted molar refractivity (Wildman–Crippen MR) is 127 cm³/mol. The molecule has 1 saturated heterocycles. The molecule has 0 radical (unpaired) electrons. The molecule has 2 N–H and O–H groups in total. The molecule has 0 amide bonds. The maximum atomic E-state index is 12.8. The molecule has 31 heavy (non-hydrogen) atoms. The first kappa shape index (κ1) is 23.3. The Morgan fingerprint density at radius 2 is 1.68 bits per heavy atom. The van der Waals surface area contributed by atoms with Gasteiger partial charge in [0.05, 0.1) is 4.90 Å². The van der Waals surface area contributed by atoms with Gasteiger partial charge in [-0.1, -0.05) is 48.5 Å². The van der Waals surface area contributed by atoms with Gasteiger partial charge in [-0.15, -0.1) is 0 Å². The molecule has 0 saturated carbocycles. The van der Waals surface area contributed by atoms with E-state index in [0.717, 1.165) is 38.2 Å². The molecule has 0 bridgehead atoms. The number of nitrogens with zero attached hydrogens (tertiary/aromatic N) is 2. The van der Waals surface area contributed by atoms with Gasteiger partial charge in [0, 0.05) is 32.7 Å². The van der Waals surface area contributed by atoms with Gasteiger partial charge in [0.15, 0.2) is 5.96 Å². The van der Waals surface area contributed by atoms with Gasteiger partial charge >= 0.3 is 0 Å². The fourth-order valence-corrected chi connectivity index (χ4v) is 5.36. The third-order valence-corrected chi connectivity index (χ3v) is 7.74. The molecule has 7 heteroatoms. The van der Waals surface area contributed by atoms with Gasteiger partial charge in [-0.3, -0.25) is 4.99 Å². The van der Waals surface area contributed by atoms with E-state index >= 15 is 0 Å². The number of aryl methyl sites for hydroxylation is 1. The normalized spacial score (nSPS) is 17.3. The highest BCUT2D eigenvalue weighted by atomic mass is 32.2. The Morgan fingerprint density at radius 3 is 2.29 bits per heavy atom. The Morgan fingerprint density at radius 1 is 1.06 bits per heavy atom. The molecule has 1 heterocycles. The van der Waals surface area contributed by atoms with Crippen molar-refractivity contribution in [3.63, 3.8) is 0 Å². The lowest BCUT2D eigenvalue weighted by Gasteiger charge is -2.31. The number of hydrogen-bond donors (Lipinski definition) is 2. The van der Waals surface area contributed by atoms with Crippen molar-refractivity contribution in [3.8, 4) is 0 Å². The summed E-state index contributed by atoms with van der Waals surface area (Å²) in [6.45, 7) is 4.08. The van der Waals surface area contributed by atoms with Crippen LogP contribution in [0.1, 0.15) is 31.7 Å². The molecule has 0 aliphatic carbocycles. The Kier molecular flexibility index (Phi) is 8.49. The molecule has 1 aliphatic heterocycles. The smallest absolute Gasteiger partial charge is 0.243 e. The van der Waals surface area contributed by atoms with E-state index in [0.29, 0.717) is 29.9 Å². The van der Waals surface area contributed by atoms with Crippen molar-refractivity contribution in [1.29, 1.82) is 0 Å². The lowest BCUT2D eigenvalue weighted by Crippen LogP contribution is -2.46. The van der Waals surface area contributed by atoms with Crippen LogP contribution in [0.5, 0.6) is 0 Å².